The number of nitrogens with one attached hydrogen (secondary N) is 1. The maximum atomic E-state index is 11.4. The zero-order chi connectivity index (χ0) is 12.8. The highest BCUT2D eigenvalue weighted by Gasteiger charge is 2.05. The highest BCUT2D eigenvalue weighted by Crippen LogP contribution is 2.05. The van der Waals surface area contributed by atoms with Gasteiger partial charge in [0.05, 0.1) is 0 Å². The lowest BCUT2D eigenvalue weighted by Crippen LogP contribution is -2.24. The summed E-state index contributed by atoms with van der Waals surface area (Å²) in [7, 11) is 0. The van der Waals surface area contributed by atoms with Crippen LogP contribution in [0.1, 0.15) is 36.2 Å². The molecule has 0 saturated heterocycles. The standard InChI is InChI=1S/C13H18N2O2/c1-9(2)6-12(16)15-8-10-4-3-5-11(7-10)13(14)17/h3-5,7,9H,6,8H2,1-2H3,(H2,14,17)(H,15,16). The first-order valence-electron chi connectivity index (χ1n) is 5.64. The molecule has 4 heteroatoms. The van der Waals surface area contributed by atoms with Crippen LogP contribution in [0.5, 0.6) is 0 Å². The fraction of sp³-hybridized carbons (Fsp3) is 0.385. The van der Waals surface area contributed by atoms with E-state index in [9.17, 15) is 9.59 Å². The Morgan fingerprint density at radius 1 is 1.35 bits per heavy atom. The Hall–Kier alpha value is -1.84. The third-order valence-corrected chi connectivity index (χ3v) is 2.29. The van der Waals surface area contributed by atoms with Gasteiger partial charge >= 0.3 is 0 Å². The quantitative estimate of drug-likeness (QED) is 0.809. The van der Waals surface area contributed by atoms with Crippen molar-refractivity contribution in [2.75, 3.05) is 0 Å². The van der Waals surface area contributed by atoms with Crippen molar-refractivity contribution in [2.45, 2.75) is 26.8 Å². The summed E-state index contributed by atoms with van der Waals surface area (Å²) >= 11 is 0. The number of rotatable bonds is 5. The largest absolute Gasteiger partial charge is 0.366 e. The van der Waals surface area contributed by atoms with Crippen molar-refractivity contribution in [3.8, 4) is 0 Å². The number of hydrogen-bond donors (Lipinski definition) is 2. The Balaban J connectivity index is 2.54. The zero-order valence-electron chi connectivity index (χ0n) is 10.2. The average molecular weight is 234 g/mol. The van der Waals surface area contributed by atoms with Crippen LogP contribution in [0.15, 0.2) is 24.3 Å². The predicted molar refractivity (Wildman–Crippen MR) is 66.3 cm³/mol. The molecule has 2 amide bonds. The molecule has 0 unspecified atom stereocenters. The fourth-order valence-corrected chi connectivity index (χ4v) is 1.48. The maximum absolute atomic E-state index is 11.4. The van der Waals surface area contributed by atoms with E-state index in [1.165, 1.54) is 0 Å². The minimum atomic E-state index is -0.458. The van der Waals surface area contributed by atoms with E-state index >= 15 is 0 Å². The predicted octanol–water partition coefficient (Wildman–Crippen LogP) is 1.45. The Morgan fingerprint density at radius 2 is 2.06 bits per heavy atom. The van der Waals surface area contributed by atoms with Gasteiger partial charge < -0.3 is 11.1 Å². The Morgan fingerprint density at radius 3 is 2.65 bits per heavy atom. The van der Waals surface area contributed by atoms with Crippen molar-refractivity contribution >= 4 is 11.8 Å². The molecule has 0 aromatic heterocycles. The summed E-state index contributed by atoms with van der Waals surface area (Å²) in [6.07, 6.45) is 0.509. The Kier molecular flexibility index (Phi) is 4.69. The number of amides is 2. The van der Waals surface area contributed by atoms with Gasteiger partial charge in [0.1, 0.15) is 0 Å². The number of carbonyl (C=O) groups excluding carboxylic acids is 2. The molecule has 1 aromatic carbocycles. The van der Waals surface area contributed by atoms with Crippen LogP contribution in [0.4, 0.5) is 0 Å². The summed E-state index contributed by atoms with van der Waals surface area (Å²) in [5, 5.41) is 2.81. The monoisotopic (exact) mass is 234 g/mol. The first-order chi connectivity index (χ1) is 7.99. The third kappa shape index (κ3) is 4.68. The van der Waals surface area contributed by atoms with Gasteiger partial charge in [0, 0.05) is 18.5 Å². The van der Waals surface area contributed by atoms with Crippen molar-refractivity contribution in [3.63, 3.8) is 0 Å². The van der Waals surface area contributed by atoms with Crippen molar-refractivity contribution in [3.05, 3.63) is 35.4 Å². The van der Waals surface area contributed by atoms with E-state index in [2.05, 4.69) is 5.32 Å². The van der Waals surface area contributed by atoms with Gasteiger partial charge in [0.15, 0.2) is 0 Å². The second kappa shape index (κ2) is 6.03. The molecule has 1 aromatic rings. The SMILES string of the molecule is CC(C)CC(=O)NCc1cccc(C(N)=O)c1. The van der Waals surface area contributed by atoms with Crippen LogP contribution in [0.2, 0.25) is 0 Å². The average Bonchev–Trinajstić information content (AvgIpc) is 2.26. The van der Waals surface area contributed by atoms with Crippen LogP contribution in [0.25, 0.3) is 0 Å². The van der Waals surface area contributed by atoms with Crippen LogP contribution in [0, 0.1) is 5.92 Å². The molecule has 0 fully saturated rings. The number of carbonyl (C=O) groups is 2. The van der Waals surface area contributed by atoms with Crippen LogP contribution < -0.4 is 11.1 Å². The van der Waals surface area contributed by atoms with Crippen LogP contribution in [-0.4, -0.2) is 11.8 Å². The zero-order valence-corrected chi connectivity index (χ0v) is 10.2. The summed E-state index contributed by atoms with van der Waals surface area (Å²) in [5.74, 6) is -0.100. The number of primary amides is 1. The molecule has 17 heavy (non-hydrogen) atoms. The number of benzene rings is 1. The molecule has 1 rings (SSSR count). The highest BCUT2D eigenvalue weighted by atomic mass is 16.1. The number of hydrogen-bond acceptors (Lipinski definition) is 2. The van der Waals surface area contributed by atoms with Gasteiger partial charge in [-0.1, -0.05) is 26.0 Å². The molecule has 0 aliphatic rings. The van der Waals surface area contributed by atoms with E-state index in [1.54, 1.807) is 18.2 Å². The minimum absolute atomic E-state index is 0.0180. The molecule has 0 bridgehead atoms. The van der Waals surface area contributed by atoms with Gasteiger partial charge in [-0.15, -0.1) is 0 Å². The maximum Gasteiger partial charge on any atom is 0.248 e. The molecular weight excluding hydrogens is 216 g/mol. The van der Waals surface area contributed by atoms with Crippen molar-refractivity contribution in [1.82, 2.24) is 5.32 Å². The third-order valence-electron chi connectivity index (χ3n) is 2.29. The van der Waals surface area contributed by atoms with Gasteiger partial charge in [0.2, 0.25) is 11.8 Å². The molecular formula is C13H18N2O2. The lowest BCUT2D eigenvalue weighted by Gasteiger charge is -2.07. The van der Waals surface area contributed by atoms with E-state index in [0.29, 0.717) is 24.4 Å². The summed E-state index contributed by atoms with van der Waals surface area (Å²) in [4.78, 5) is 22.4. The van der Waals surface area contributed by atoms with Crippen molar-refractivity contribution in [2.24, 2.45) is 11.7 Å². The van der Waals surface area contributed by atoms with E-state index in [-0.39, 0.29) is 5.91 Å². The molecule has 0 saturated carbocycles. The van der Waals surface area contributed by atoms with Crippen LogP contribution >= 0.6 is 0 Å². The summed E-state index contributed by atoms with van der Waals surface area (Å²) in [6, 6.07) is 6.95. The first-order valence-corrected chi connectivity index (χ1v) is 5.64. The van der Waals surface area contributed by atoms with Crippen LogP contribution in [-0.2, 0) is 11.3 Å². The minimum Gasteiger partial charge on any atom is -0.366 e. The highest BCUT2D eigenvalue weighted by molar-refractivity contribution is 5.92. The van der Waals surface area contributed by atoms with E-state index in [1.807, 2.05) is 19.9 Å². The summed E-state index contributed by atoms with van der Waals surface area (Å²) in [6.45, 7) is 4.41. The molecule has 0 heterocycles. The van der Waals surface area contributed by atoms with Gasteiger partial charge in [-0.3, -0.25) is 9.59 Å². The van der Waals surface area contributed by atoms with Gasteiger partial charge in [0.25, 0.3) is 0 Å². The molecule has 0 spiro atoms. The molecule has 3 N–H and O–H groups in total. The molecule has 0 radical (unpaired) electrons. The lowest BCUT2D eigenvalue weighted by molar-refractivity contribution is -0.121. The lowest BCUT2D eigenvalue weighted by atomic mass is 10.1. The molecule has 0 atom stereocenters. The smallest absolute Gasteiger partial charge is 0.248 e. The Bertz CT molecular complexity index is 414. The second-order valence-corrected chi connectivity index (χ2v) is 4.44. The van der Waals surface area contributed by atoms with Gasteiger partial charge in [-0.05, 0) is 23.6 Å². The normalized spacial score (nSPS) is 10.3. The topological polar surface area (TPSA) is 72.2 Å². The molecule has 4 nitrogen and oxygen atoms in total. The van der Waals surface area contributed by atoms with Gasteiger partial charge in [-0.25, -0.2) is 0 Å². The number of nitrogens with two attached hydrogens (primary N) is 1. The van der Waals surface area contributed by atoms with E-state index < -0.39 is 5.91 Å². The molecule has 0 aliphatic heterocycles. The summed E-state index contributed by atoms with van der Waals surface area (Å²) in [5.41, 5.74) is 6.51. The second-order valence-electron chi connectivity index (χ2n) is 4.44. The van der Waals surface area contributed by atoms with E-state index in [0.717, 1.165) is 5.56 Å². The van der Waals surface area contributed by atoms with Crippen molar-refractivity contribution < 1.29 is 9.59 Å². The summed E-state index contributed by atoms with van der Waals surface area (Å²) < 4.78 is 0. The molecule has 0 aliphatic carbocycles. The van der Waals surface area contributed by atoms with Crippen LogP contribution in [0.3, 0.4) is 0 Å². The fourth-order valence-electron chi connectivity index (χ4n) is 1.48. The Labute approximate surface area is 101 Å². The molecule has 92 valence electrons. The van der Waals surface area contributed by atoms with Crippen molar-refractivity contribution in [1.29, 1.82) is 0 Å². The first kappa shape index (κ1) is 13.2. The van der Waals surface area contributed by atoms with E-state index in [4.69, 9.17) is 5.73 Å². The van der Waals surface area contributed by atoms with Gasteiger partial charge in [-0.2, -0.15) is 0 Å².